The molecule has 3 rings (SSSR count). The molecule has 22 heavy (non-hydrogen) atoms. The smallest absolute Gasteiger partial charge is 0.141 e. The third-order valence-electron chi connectivity index (χ3n) is 3.30. The highest BCUT2D eigenvalue weighted by Crippen LogP contribution is 2.25. The van der Waals surface area contributed by atoms with Crippen LogP contribution in [0.15, 0.2) is 77.8 Å². The summed E-state index contributed by atoms with van der Waals surface area (Å²) in [5, 5.41) is 10.4. The van der Waals surface area contributed by atoms with Crippen LogP contribution in [0, 0.1) is 0 Å². The number of hydrogen-bond acceptors (Lipinski definition) is 2. The Kier molecular flexibility index (Phi) is 4.22. The lowest BCUT2D eigenvalue weighted by Gasteiger charge is -2.03. The SMILES string of the molecule is Oc1ccccc1N=Cc1ccc(-c2cccc(Cl)c2)cc1. The van der Waals surface area contributed by atoms with Crippen molar-refractivity contribution in [1.29, 1.82) is 0 Å². The first-order valence-corrected chi connectivity index (χ1v) is 7.28. The minimum atomic E-state index is 0.175. The molecule has 0 heterocycles. The summed E-state index contributed by atoms with van der Waals surface area (Å²) in [7, 11) is 0. The number of aliphatic imine (C=N–C) groups is 1. The molecule has 108 valence electrons. The van der Waals surface area contributed by atoms with Crippen molar-refractivity contribution in [2.24, 2.45) is 4.99 Å². The number of hydrogen-bond donors (Lipinski definition) is 1. The van der Waals surface area contributed by atoms with Crippen molar-refractivity contribution in [3.63, 3.8) is 0 Å². The van der Waals surface area contributed by atoms with E-state index in [4.69, 9.17) is 11.6 Å². The van der Waals surface area contributed by atoms with E-state index in [9.17, 15) is 5.11 Å². The highest BCUT2D eigenvalue weighted by molar-refractivity contribution is 6.30. The molecule has 0 fully saturated rings. The van der Waals surface area contributed by atoms with Crippen LogP contribution in [0.3, 0.4) is 0 Å². The summed E-state index contributed by atoms with van der Waals surface area (Å²) in [6.45, 7) is 0. The van der Waals surface area contributed by atoms with Gasteiger partial charge in [-0.1, -0.05) is 60.1 Å². The van der Waals surface area contributed by atoms with Gasteiger partial charge in [-0.05, 0) is 41.0 Å². The first-order valence-electron chi connectivity index (χ1n) is 6.90. The molecule has 3 aromatic rings. The maximum absolute atomic E-state index is 9.68. The Bertz CT molecular complexity index is 810. The summed E-state index contributed by atoms with van der Waals surface area (Å²) in [6.07, 6.45) is 1.73. The normalized spacial score (nSPS) is 11.0. The van der Waals surface area contributed by atoms with Gasteiger partial charge in [-0.15, -0.1) is 0 Å². The zero-order valence-corrected chi connectivity index (χ0v) is 12.5. The molecule has 0 atom stereocenters. The molecule has 0 aliphatic rings. The number of halogens is 1. The number of nitrogens with zero attached hydrogens (tertiary/aromatic N) is 1. The fraction of sp³-hybridized carbons (Fsp3) is 0. The van der Waals surface area contributed by atoms with Crippen LogP contribution in [0.25, 0.3) is 11.1 Å². The van der Waals surface area contributed by atoms with Crippen molar-refractivity contribution >= 4 is 23.5 Å². The van der Waals surface area contributed by atoms with Gasteiger partial charge in [-0.3, -0.25) is 4.99 Å². The van der Waals surface area contributed by atoms with Gasteiger partial charge in [0.25, 0.3) is 0 Å². The standard InChI is InChI=1S/C19H14ClNO/c20-17-5-3-4-16(12-17)15-10-8-14(9-11-15)13-21-18-6-1-2-7-19(18)22/h1-13,22H. The van der Waals surface area contributed by atoms with Crippen LogP contribution >= 0.6 is 11.6 Å². The number of para-hydroxylation sites is 2. The molecule has 0 aromatic heterocycles. The zero-order valence-electron chi connectivity index (χ0n) is 11.8. The van der Waals surface area contributed by atoms with Gasteiger partial charge in [0.05, 0.1) is 0 Å². The van der Waals surface area contributed by atoms with Crippen LogP contribution in [-0.4, -0.2) is 11.3 Å². The van der Waals surface area contributed by atoms with Crippen LogP contribution in [-0.2, 0) is 0 Å². The largest absolute Gasteiger partial charge is 0.506 e. The lowest BCUT2D eigenvalue weighted by molar-refractivity contribution is 0.477. The van der Waals surface area contributed by atoms with Crippen molar-refractivity contribution < 1.29 is 5.11 Å². The summed E-state index contributed by atoms with van der Waals surface area (Å²) in [5.74, 6) is 0.175. The second kappa shape index (κ2) is 6.46. The van der Waals surface area contributed by atoms with E-state index in [1.54, 1.807) is 24.4 Å². The van der Waals surface area contributed by atoms with Gasteiger partial charge in [0, 0.05) is 11.2 Å². The molecular weight excluding hydrogens is 294 g/mol. The topological polar surface area (TPSA) is 32.6 Å². The van der Waals surface area contributed by atoms with E-state index < -0.39 is 0 Å². The van der Waals surface area contributed by atoms with E-state index in [1.165, 1.54) is 0 Å². The van der Waals surface area contributed by atoms with Crippen LogP contribution in [0.2, 0.25) is 5.02 Å². The molecule has 3 aromatic carbocycles. The minimum absolute atomic E-state index is 0.175. The Morgan fingerprint density at radius 3 is 2.32 bits per heavy atom. The monoisotopic (exact) mass is 307 g/mol. The summed E-state index contributed by atoms with van der Waals surface area (Å²) in [4.78, 5) is 4.30. The maximum atomic E-state index is 9.68. The Morgan fingerprint density at radius 1 is 0.818 bits per heavy atom. The molecular formula is C19H14ClNO. The molecule has 1 N–H and O–H groups in total. The van der Waals surface area contributed by atoms with Gasteiger partial charge in [-0.2, -0.15) is 0 Å². The molecule has 0 spiro atoms. The Balaban J connectivity index is 1.81. The van der Waals surface area contributed by atoms with E-state index in [2.05, 4.69) is 4.99 Å². The fourth-order valence-corrected chi connectivity index (χ4v) is 2.34. The second-order valence-electron chi connectivity index (χ2n) is 4.88. The van der Waals surface area contributed by atoms with Crippen molar-refractivity contribution in [1.82, 2.24) is 0 Å². The molecule has 0 amide bonds. The van der Waals surface area contributed by atoms with E-state index >= 15 is 0 Å². The van der Waals surface area contributed by atoms with Gasteiger partial charge in [0.1, 0.15) is 11.4 Å². The quantitative estimate of drug-likeness (QED) is 0.640. The highest BCUT2D eigenvalue weighted by Gasteiger charge is 1.99. The molecule has 0 radical (unpaired) electrons. The lowest BCUT2D eigenvalue weighted by Crippen LogP contribution is -1.82. The first kappa shape index (κ1) is 14.4. The van der Waals surface area contributed by atoms with Gasteiger partial charge >= 0.3 is 0 Å². The molecule has 0 bridgehead atoms. The molecule has 0 aliphatic heterocycles. The first-order chi connectivity index (χ1) is 10.7. The lowest BCUT2D eigenvalue weighted by atomic mass is 10.0. The minimum Gasteiger partial charge on any atom is -0.506 e. The van der Waals surface area contributed by atoms with Crippen LogP contribution < -0.4 is 0 Å². The van der Waals surface area contributed by atoms with Crippen LogP contribution in [0.4, 0.5) is 5.69 Å². The molecule has 0 saturated carbocycles. The van der Waals surface area contributed by atoms with Crippen molar-refractivity contribution in [2.75, 3.05) is 0 Å². The number of phenolic OH excluding ortho intramolecular Hbond substituents is 1. The van der Waals surface area contributed by atoms with E-state index in [0.717, 1.165) is 21.7 Å². The Labute approximate surface area is 134 Å². The number of rotatable bonds is 3. The average Bonchev–Trinajstić information content (AvgIpc) is 2.55. The predicted molar refractivity (Wildman–Crippen MR) is 92.2 cm³/mol. The highest BCUT2D eigenvalue weighted by atomic mass is 35.5. The van der Waals surface area contributed by atoms with Gasteiger partial charge in [-0.25, -0.2) is 0 Å². The third-order valence-corrected chi connectivity index (χ3v) is 3.54. The van der Waals surface area contributed by atoms with Crippen molar-refractivity contribution in [2.45, 2.75) is 0 Å². The van der Waals surface area contributed by atoms with Gasteiger partial charge < -0.3 is 5.11 Å². The van der Waals surface area contributed by atoms with Crippen LogP contribution in [0.5, 0.6) is 5.75 Å². The summed E-state index contributed by atoms with van der Waals surface area (Å²) >= 11 is 6.01. The van der Waals surface area contributed by atoms with Gasteiger partial charge in [0.2, 0.25) is 0 Å². The van der Waals surface area contributed by atoms with Crippen molar-refractivity contribution in [3.8, 4) is 16.9 Å². The summed E-state index contributed by atoms with van der Waals surface area (Å²) < 4.78 is 0. The molecule has 3 heteroatoms. The summed E-state index contributed by atoms with van der Waals surface area (Å²) in [6, 6.07) is 22.8. The molecule has 2 nitrogen and oxygen atoms in total. The number of aromatic hydroxyl groups is 1. The zero-order chi connectivity index (χ0) is 15.4. The van der Waals surface area contributed by atoms with Crippen molar-refractivity contribution in [3.05, 3.63) is 83.4 Å². The molecule has 0 aliphatic carbocycles. The second-order valence-corrected chi connectivity index (χ2v) is 5.32. The summed E-state index contributed by atoms with van der Waals surface area (Å²) in [5.41, 5.74) is 3.70. The maximum Gasteiger partial charge on any atom is 0.141 e. The number of benzene rings is 3. The van der Waals surface area contributed by atoms with Gasteiger partial charge in [0.15, 0.2) is 0 Å². The molecule has 0 saturated heterocycles. The van der Waals surface area contributed by atoms with Crippen LogP contribution in [0.1, 0.15) is 5.56 Å². The molecule has 0 unspecified atom stereocenters. The van der Waals surface area contributed by atoms with E-state index in [-0.39, 0.29) is 5.75 Å². The van der Waals surface area contributed by atoms with E-state index in [0.29, 0.717) is 5.69 Å². The van der Waals surface area contributed by atoms with E-state index in [1.807, 2.05) is 54.6 Å². The Hall–Kier alpha value is -2.58. The third kappa shape index (κ3) is 3.35. The predicted octanol–water partition coefficient (Wildman–Crippen LogP) is 5.46. The average molecular weight is 308 g/mol. The number of phenols is 1. The Morgan fingerprint density at radius 2 is 1.59 bits per heavy atom. The fourth-order valence-electron chi connectivity index (χ4n) is 2.15.